The lowest BCUT2D eigenvalue weighted by Gasteiger charge is -2.28. The molecule has 0 spiro atoms. The van der Waals surface area contributed by atoms with E-state index in [1.165, 1.54) is 0 Å². The zero-order chi connectivity index (χ0) is 21.7. The standard InChI is InChI=1S/C24H27N3O3/c1-4-26(16-18(2)3)21(28)17-27-22(29)24(25-23(27)30,20-13-9-6-10-14-20)15-19-11-7-5-8-12-19/h5-14H,2,4,15-17H2,1,3H3,(H,25,30)/t24-/m0/s1. The number of urea groups is 1. The van der Waals surface area contributed by atoms with Crippen molar-refractivity contribution in [3.05, 3.63) is 83.9 Å². The second-order valence-electron chi connectivity index (χ2n) is 7.62. The zero-order valence-corrected chi connectivity index (χ0v) is 17.4. The maximum absolute atomic E-state index is 13.6. The summed E-state index contributed by atoms with van der Waals surface area (Å²) >= 11 is 0. The Morgan fingerprint density at radius 1 is 1.07 bits per heavy atom. The van der Waals surface area contributed by atoms with Gasteiger partial charge in [-0.1, -0.05) is 72.8 Å². The summed E-state index contributed by atoms with van der Waals surface area (Å²) in [5.74, 6) is -0.699. The molecule has 3 rings (SSSR count). The summed E-state index contributed by atoms with van der Waals surface area (Å²) in [4.78, 5) is 41.8. The number of likely N-dealkylation sites (N-methyl/N-ethyl adjacent to an activating group) is 1. The van der Waals surface area contributed by atoms with Crippen LogP contribution in [0, 0.1) is 0 Å². The Hall–Kier alpha value is -3.41. The Labute approximate surface area is 177 Å². The van der Waals surface area contributed by atoms with Gasteiger partial charge in [0.2, 0.25) is 5.91 Å². The molecule has 0 aliphatic carbocycles. The molecule has 1 heterocycles. The third-order valence-corrected chi connectivity index (χ3v) is 5.24. The minimum atomic E-state index is -1.24. The van der Waals surface area contributed by atoms with Crippen molar-refractivity contribution in [1.82, 2.24) is 15.1 Å². The van der Waals surface area contributed by atoms with E-state index in [-0.39, 0.29) is 12.5 Å². The van der Waals surface area contributed by atoms with Gasteiger partial charge in [0, 0.05) is 19.5 Å². The molecule has 1 atom stereocenters. The number of benzene rings is 2. The van der Waals surface area contributed by atoms with E-state index in [2.05, 4.69) is 11.9 Å². The van der Waals surface area contributed by atoms with E-state index >= 15 is 0 Å². The maximum atomic E-state index is 13.6. The first-order valence-electron chi connectivity index (χ1n) is 10.0. The molecule has 4 amide bonds. The van der Waals surface area contributed by atoms with Crippen molar-refractivity contribution in [2.24, 2.45) is 0 Å². The number of carbonyl (C=O) groups is 3. The molecule has 0 radical (unpaired) electrons. The average Bonchev–Trinajstić information content (AvgIpc) is 2.98. The number of carbonyl (C=O) groups excluding carboxylic acids is 3. The molecule has 6 heteroatoms. The van der Waals surface area contributed by atoms with Crippen LogP contribution in [0.4, 0.5) is 4.79 Å². The summed E-state index contributed by atoms with van der Waals surface area (Å²) < 4.78 is 0. The zero-order valence-electron chi connectivity index (χ0n) is 17.4. The second kappa shape index (κ2) is 8.95. The van der Waals surface area contributed by atoms with Crippen LogP contribution in [0.3, 0.4) is 0 Å². The summed E-state index contributed by atoms with van der Waals surface area (Å²) in [5, 5.41) is 2.88. The SMILES string of the molecule is C=C(C)CN(CC)C(=O)CN1C(=O)N[C@@](Cc2ccccc2)(c2ccccc2)C1=O. The van der Waals surface area contributed by atoms with Crippen molar-refractivity contribution in [3.63, 3.8) is 0 Å². The highest BCUT2D eigenvalue weighted by molar-refractivity contribution is 6.09. The van der Waals surface area contributed by atoms with E-state index < -0.39 is 17.5 Å². The van der Waals surface area contributed by atoms with Gasteiger partial charge < -0.3 is 10.2 Å². The predicted molar refractivity (Wildman–Crippen MR) is 116 cm³/mol. The number of hydrogen-bond donors (Lipinski definition) is 1. The minimum Gasteiger partial charge on any atom is -0.337 e. The average molecular weight is 405 g/mol. The molecule has 2 aromatic rings. The van der Waals surface area contributed by atoms with E-state index in [0.717, 1.165) is 16.0 Å². The molecule has 0 aromatic heterocycles. The van der Waals surface area contributed by atoms with Gasteiger partial charge in [0.05, 0.1) is 0 Å². The van der Waals surface area contributed by atoms with Crippen LogP contribution in [0.2, 0.25) is 0 Å². The summed E-state index contributed by atoms with van der Waals surface area (Å²) in [7, 11) is 0. The lowest BCUT2D eigenvalue weighted by molar-refractivity contribution is -0.138. The number of hydrogen-bond acceptors (Lipinski definition) is 3. The molecule has 0 unspecified atom stereocenters. The van der Waals surface area contributed by atoms with E-state index in [1.807, 2.05) is 74.5 Å². The molecule has 1 N–H and O–H groups in total. The van der Waals surface area contributed by atoms with Crippen molar-refractivity contribution in [2.75, 3.05) is 19.6 Å². The number of nitrogens with one attached hydrogen (secondary N) is 1. The van der Waals surface area contributed by atoms with Crippen LogP contribution in [0.1, 0.15) is 25.0 Å². The van der Waals surface area contributed by atoms with E-state index in [9.17, 15) is 14.4 Å². The second-order valence-corrected chi connectivity index (χ2v) is 7.62. The van der Waals surface area contributed by atoms with Crippen molar-refractivity contribution < 1.29 is 14.4 Å². The molecule has 0 saturated carbocycles. The fourth-order valence-corrected chi connectivity index (χ4v) is 3.75. The highest BCUT2D eigenvalue weighted by Gasteiger charge is 2.52. The van der Waals surface area contributed by atoms with Crippen LogP contribution >= 0.6 is 0 Å². The Bertz CT molecular complexity index is 943. The van der Waals surface area contributed by atoms with Gasteiger partial charge >= 0.3 is 6.03 Å². The third kappa shape index (κ3) is 4.27. The Morgan fingerprint density at radius 2 is 1.67 bits per heavy atom. The molecule has 1 aliphatic heterocycles. The fraction of sp³-hybridized carbons (Fsp3) is 0.292. The number of imide groups is 1. The van der Waals surface area contributed by atoms with Gasteiger partial charge in [-0.25, -0.2) is 4.79 Å². The fourth-order valence-electron chi connectivity index (χ4n) is 3.75. The lowest BCUT2D eigenvalue weighted by Crippen LogP contribution is -2.47. The van der Waals surface area contributed by atoms with Crippen LogP contribution in [-0.4, -0.2) is 47.3 Å². The van der Waals surface area contributed by atoms with Gasteiger partial charge in [0.15, 0.2) is 5.54 Å². The third-order valence-electron chi connectivity index (χ3n) is 5.24. The van der Waals surface area contributed by atoms with Gasteiger partial charge in [0.25, 0.3) is 5.91 Å². The molecule has 1 fully saturated rings. The number of nitrogens with zero attached hydrogens (tertiary/aromatic N) is 2. The molecule has 0 bridgehead atoms. The summed E-state index contributed by atoms with van der Waals surface area (Å²) in [5.41, 5.74) is 1.20. The van der Waals surface area contributed by atoms with Gasteiger partial charge in [-0.05, 0) is 25.0 Å². The summed E-state index contributed by atoms with van der Waals surface area (Å²) in [6.45, 7) is 8.11. The quantitative estimate of drug-likeness (QED) is 0.542. The van der Waals surface area contributed by atoms with Crippen LogP contribution in [0.15, 0.2) is 72.8 Å². The van der Waals surface area contributed by atoms with Crippen LogP contribution in [-0.2, 0) is 21.5 Å². The molecule has 156 valence electrons. The monoisotopic (exact) mass is 405 g/mol. The highest BCUT2D eigenvalue weighted by Crippen LogP contribution is 2.33. The predicted octanol–water partition coefficient (Wildman–Crippen LogP) is 3.10. The van der Waals surface area contributed by atoms with E-state index in [4.69, 9.17) is 0 Å². The normalized spacial score (nSPS) is 18.3. The van der Waals surface area contributed by atoms with Crippen molar-refractivity contribution in [3.8, 4) is 0 Å². The van der Waals surface area contributed by atoms with Gasteiger partial charge in [-0.2, -0.15) is 0 Å². The van der Waals surface area contributed by atoms with Crippen molar-refractivity contribution >= 4 is 17.8 Å². The van der Waals surface area contributed by atoms with Crippen LogP contribution < -0.4 is 5.32 Å². The summed E-state index contributed by atoms with van der Waals surface area (Å²) in [6, 6.07) is 18.2. The largest absolute Gasteiger partial charge is 0.337 e. The smallest absolute Gasteiger partial charge is 0.325 e. The molecule has 1 saturated heterocycles. The molecule has 6 nitrogen and oxygen atoms in total. The Kier molecular flexibility index (Phi) is 6.35. The highest BCUT2D eigenvalue weighted by atomic mass is 16.2. The van der Waals surface area contributed by atoms with Crippen LogP contribution in [0.25, 0.3) is 0 Å². The van der Waals surface area contributed by atoms with Crippen molar-refractivity contribution in [1.29, 1.82) is 0 Å². The molecule has 1 aliphatic rings. The van der Waals surface area contributed by atoms with Crippen molar-refractivity contribution in [2.45, 2.75) is 25.8 Å². The number of rotatable bonds is 8. The van der Waals surface area contributed by atoms with Crippen LogP contribution in [0.5, 0.6) is 0 Å². The first-order chi connectivity index (χ1) is 14.4. The van der Waals surface area contributed by atoms with Gasteiger partial charge in [-0.15, -0.1) is 0 Å². The number of amides is 4. The van der Waals surface area contributed by atoms with E-state index in [0.29, 0.717) is 25.1 Å². The van der Waals surface area contributed by atoms with Gasteiger partial charge in [-0.3, -0.25) is 14.5 Å². The lowest BCUT2D eigenvalue weighted by atomic mass is 9.83. The van der Waals surface area contributed by atoms with E-state index in [1.54, 1.807) is 4.90 Å². The Balaban J connectivity index is 1.92. The first kappa shape index (κ1) is 21.3. The summed E-state index contributed by atoms with van der Waals surface area (Å²) in [6.07, 6.45) is 0.302. The first-order valence-corrected chi connectivity index (χ1v) is 10.0. The molecule has 2 aromatic carbocycles. The minimum absolute atomic E-state index is 0.285. The van der Waals surface area contributed by atoms with Gasteiger partial charge in [0.1, 0.15) is 6.54 Å². The molecular weight excluding hydrogens is 378 g/mol. The topological polar surface area (TPSA) is 69.7 Å². The molecular formula is C24H27N3O3. The Morgan fingerprint density at radius 3 is 2.23 bits per heavy atom. The molecule has 30 heavy (non-hydrogen) atoms. The maximum Gasteiger partial charge on any atom is 0.325 e.